The summed E-state index contributed by atoms with van der Waals surface area (Å²) in [5, 5.41) is 0. The van der Waals surface area contributed by atoms with Gasteiger partial charge in [0, 0.05) is 18.4 Å². The summed E-state index contributed by atoms with van der Waals surface area (Å²) in [5.41, 5.74) is 0.564. The van der Waals surface area contributed by atoms with E-state index in [4.69, 9.17) is 14.2 Å². The molecule has 5 heteroatoms. The first-order chi connectivity index (χ1) is 13.0. The van der Waals surface area contributed by atoms with Crippen LogP contribution < -0.4 is 0 Å². The van der Waals surface area contributed by atoms with Crippen molar-refractivity contribution < 1.29 is 23.8 Å². The lowest BCUT2D eigenvalue weighted by molar-refractivity contribution is -0.171. The average Bonchev–Trinajstić information content (AvgIpc) is 2.83. The Morgan fingerprint density at radius 2 is 1.78 bits per heavy atom. The number of carbonyl (C=O) groups is 2. The van der Waals surface area contributed by atoms with Crippen molar-refractivity contribution in [3.05, 3.63) is 72.9 Å². The fraction of sp³-hybridized carbons (Fsp3) is 0.364. The minimum atomic E-state index is -1.11. The Labute approximate surface area is 159 Å². The zero-order chi connectivity index (χ0) is 19.4. The zero-order valence-corrected chi connectivity index (χ0v) is 15.5. The molecule has 2 aliphatic heterocycles. The third-order valence-corrected chi connectivity index (χ3v) is 5.00. The number of benzene rings is 1. The minimum absolute atomic E-state index is 0.0328. The molecule has 0 aromatic heterocycles. The van der Waals surface area contributed by atoms with Crippen LogP contribution in [0.2, 0.25) is 0 Å². The number of ether oxygens (including phenoxy) is 3. The second-order valence-corrected chi connectivity index (χ2v) is 6.81. The molecule has 0 aliphatic carbocycles. The summed E-state index contributed by atoms with van der Waals surface area (Å²) in [7, 11) is 0. The molecule has 5 nitrogen and oxygen atoms in total. The molecule has 27 heavy (non-hydrogen) atoms. The van der Waals surface area contributed by atoms with Gasteiger partial charge in [0.1, 0.15) is 6.10 Å². The third-order valence-electron chi connectivity index (χ3n) is 5.00. The molecule has 0 unspecified atom stereocenters. The van der Waals surface area contributed by atoms with E-state index in [0.717, 1.165) is 0 Å². The van der Waals surface area contributed by atoms with Gasteiger partial charge in [-0.3, -0.25) is 4.79 Å². The second-order valence-electron chi connectivity index (χ2n) is 6.81. The van der Waals surface area contributed by atoms with E-state index in [1.54, 1.807) is 30.3 Å². The van der Waals surface area contributed by atoms with E-state index in [1.807, 2.05) is 30.4 Å². The third kappa shape index (κ3) is 4.19. The Hall–Kier alpha value is -2.66. The van der Waals surface area contributed by atoms with Crippen molar-refractivity contribution in [3.8, 4) is 0 Å². The van der Waals surface area contributed by atoms with Crippen molar-refractivity contribution in [1.82, 2.24) is 0 Å². The highest BCUT2D eigenvalue weighted by atomic mass is 16.6. The topological polar surface area (TPSA) is 61.8 Å². The van der Waals surface area contributed by atoms with Gasteiger partial charge in [-0.15, -0.1) is 0 Å². The molecule has 1 aromatic carbocycles. The Morgan fingerprint density at radius 3 is 2.41 bits per heavy atom. The van der Waals surface area contributed by atoms with Crippen molar-refractivity contribution in [2.45, 2.75) is 38.3 Å². The van der Waals surface area contributed by atoms with Gasteiger partial charge in [0.25, 0.3) is 0 Å². The number of hydrogen-bond donors (Lipinski definition) is 0. The van der Waals surface area contributed by atoms with Gasteiger partial charge in [-0.05, 0) is 5.92 Å². The number of rotatable bonds is 6. The van der Waals surface area contributed by atoms with E-state index >= 15 is 0 Å². The maximum atomic E-state index is 12.9. The molecule has 1 fully saturated rings. The maximum absolute atomic E-state index is 12.9. The monoisotopic (exact) mass is 368 g/mol. The quantitative estimate of drug-likeness (QED) is 0.568. The molecule has 0 N–H and O–H groups in total. The van der Waals surface area contributed by atoms with E-state index in [2.05, 4.69) is 13.5 Å². The molecular formula is C22H24O5. The lowest BCUT2D eigenvalue weighted by Gasteiger charge is -2.28. The number of esters is 2. The molecular weight excluding hydrogens is 344 g/mol. The molecule has 2 bridgehead atoms. The predicted octanol–water partition coefficient (Wildman–Crippen LogP) is 3.53. The highest BCUT2D eigenvalue weighted by Crippen LogP contribution is 2.39. The van der Waals surface area contributed by atoms with Crippen LogP contribution in [-0.4, -0.2) is 30.3 Å². The summed E-state index contributed by atoms with van der Waals surface area (Å²) in [6.07, 6.45) is 7.64. The Kier molecular flexibility index (Phi) is 5.91. The van der Waals surface area contributed by atoms with Crippen LogP contribution in [0.15, 0.2) is 67.3 Å². The van der Waals surface area contributed by atoms with Crippen LogP contribution in [0.4, 0.5) is 0 Å². The van der Waals surface area contributed by atoms with Crippen LogP contribution in [0.1, 0.15) is 25.5 Å². The highest BCUT2D eigenvalue weighted by molar-refractivity contribution is 5.80. The first-order valence-corrected chi connectivity index (χ1v) is 9.07. The number of carbonyl (C=O) groups excluding carboxylic acids is 2. The zero-order valence-electron chi connectivity index (χ0n) is 15.5. The van der Waals surface area contributed by atoms with Gasteiger partial charge in [0.05, 0.1) is 12.2 Å². The summed E-state index contributed by atoms with van der Waals surface area (Å²) in [6.45, 7) is 7.18. The molecule has 142 valence electrons. The van der Waals surface area contributed by atoms with Crippen molar-refractivity contribution >= 4 is 11.9 Å². The summed E-state index contributed by atoms with van der Waals surface area (Å²) in [4.78, 5) is 24.3. The molecule has 0 amide bonds. The minimum Gasteiger partial charge on any atom is -0.455 e. The van der Waals surface area contributed by atoms with Crippen LogP contribution in [-0.2, 0) is 23.8 Å². The first-order valence-electron chi connectivity index (χ1n) is 9.07. The Bertz CT molecular complexity index is 751. The Balaban J connectivity index is 1.79. The van der Waals surface area contributed by atoms with Gasteiger partial charge in [-0.25, -0.2) is 4.79 Å². The summed E-state index contributed by atoms with van der Waals surface area (Å²) in [6, 6.07) is 8.84. The Morgan fingerprint density at radius 1 is 1.11 bits per heavy atom. The van der Waals surface area contributed by atoms with Crippen LogP contribution in [0.3, 0.4) is 0 Å². The van der Waals surface area contributed by atoms with Gasteiger partial charge in [-0.2, -0.15) is 0 Å². The summed E-state index contributed by atoms with van der Waals surface area (Å²) < 4.78 is 17.0. The molecule has 1 aromatic rings. The second kappa shape index (κ2) is 8.35. The fourth-order valence-electron chi connectivity index (χ4n) is 3.67. The molecule has 2 aliphatic rings. The molecule has 6 atom stereocenters. The molecule has 2 heterocycles. The maximum Gasteiger partial charge on any atom is 0.352 e. The molecule has 0 radical (unpaired) electrons. The molecule has 1 saturated heterocycles. The first kappa shape index (κ1) is 19.1. The van der Waals surface area contributed by atoms with E-state index in [-0.39, 0.29) is 24.0 Å². The van der Waals surface area contributed by atoms with Crippen LogP contribution in [0, 0.1) is 11.8 Å². The summed E-state index contributed by atoms with van der Waals surface area (Å²) >= 11 is 0. The normalized spacial score (nSPS) is 28.1. The van der Waals surface area contributed by atoms with E-state index in [0.29, 0.717) is 5.56 Å². The SMILES string of the molecule is C=C[C@@H](OC(=O)[C@@H](OC(C)=O)c1ccccc1)[C@@H]1[C@H](C)[C@H]2C=CC=C[C@@H]1O2. The van der Waals surface area contributed by atoms with Gasteiger partial charge < -0.3 is 14.2 Å². The van der Waals surface area contributed by atoms with Gasteiger partial charge in [0.15, 0.2) is 0 Å². The van der Waals surface area contributed by atoms with Crippen molar-refractivity contribution in [2.75, 3.05) is 0 Å². The van der Waals surface area contributed by atoms with Gasteiger partial charge in [0.2, 0.25) is 6.10 Å². The number of hydrogen-bond acceptors (Lipinski definition) is 5. The van der Waals surface area contributed by atoms with E-state index < -0.39 is 24.1 Å². The molecule has 0 spiro atoms. The lowest BCUT2D eigenvalue weighted by atomic mass is 9.83. The number of fused-ring (bicyclic) bond motifs is 2. The molecule has 3 rings (SSSR count). The van der Waals surface area contributed by atoms with E-state index in [1.165, 1.54) is 6.92 Å². The molecule has 0 saturated carbocycles. The summed E-state index contributed by atoms with van der Waals surface area (Å²) in [5.74, 6) is -1.08. The predicted molar refractivity (Wildman–Crippen MR) is 101 cm³/mol. The van der Waals surface area contributed by atoms with Crippen molar-refractivity contribution in [3.63, 3.8) is 0 Å². The van der Waals surface area contributed by atoms with Gasteiger partial charge >= 0.3 is 11.9 Å². The van der Waals surface area contributed by atoms with Crippen LogP contribution >= 0.6 is 0 Å². The fourth-order valence-corrected chi connectivity index (χ4v) is 3.67. The number of allylic oxidation sites excluding steroid dienone is 2. The largest absolute Gasteiger partial charge is 0.455 e. The van der Waals surface area contributed by atoms with Crippen LogP contribution in [0.5, 0.6) is 0 Å². The standard InChI is InChI=1S/C22H24O5/c1-4-17(20-14(2)18-12-8-9-13-19(20)26-18)27-22(24)21(25-15(3)23)16-10-6-5-7-11-16/h4-14,17-21H,1H2,2-3H3/t14-,17-,18-,19+,20+,21+/m1/s1. The van der Waals surface area contributed by atoms with Gasteiger partial charge in [-0.1, -0.05) is 74.2 Å². The highest BCUT2D eigenvalue weighted by Gasteiger charge is 2.45. The lowest BCUT2D eigenvalue weighted by Crippen LogP contribution is -2.36. The van der Waals surface area contributed by atoms with Crippen molar-refractivity contribution in [1.29, 1.82) is 0 Å². The smallest absolute Gasteiger partial charge is 0.352 e. The average molecular weight is 368 g/mol. The van der Waals surface area contributed by atoms with Crippen LogP contribution in [0.25, 0.3) is 0 Å². The van der Waals surface area contributed by atoms with E-state index in [9.17, 15) is 9.59 Å². The van der Waals surface area contributed by atoms with Crippen molar-refractivity contribution in [2.24, 2.45) is 11.8 Å².